The molecule has 1 fully saturated rings. The smallest absolute Gasteiger partial charge is 0.164 e. The van der Waals surface area contributed by atoms with Crippen molar-refractivity contribution in [3.05, 3.63) is 47.6 Å². The Morgan fingerprint density at radius 2 is 1.95 bits per heavy atom. The number of rotatable bonds is 3. The maximum Gasteiger partial charge on any atom is 0.164 e. The number of piperazine rings is 1. The quantitative estimate of drug-likeness (QED) is 0.915. The molecule has 1 aliphatic rings. The molecule has 1 aromatic heterocycles. The summed E-state index contributed by atoms with van der Waals surface area (Å²) in [5.74, 6) is 0.622. The van der Waals surface area contributed by atoms with Gasteiger partial charge in [0.15, 0.2) is 5.76 Å². The van der Waals surface area contributed by atoms with E-state index in [4.69, 9.17) is 4.52 Å². The number of nitrogens with zero attached hydrogens (tertiary/aromatic N) is 2. The maximum atomic E-state index is 12.9. The first-order valence-corrected chi connectivity index (χ1v) is 6.46. The molecule has 4 nitrogen and oxygen atoms in total. The third-order valence-electron chi connectivity index (χ3n) is 3.36. The molecule has 0 atom stereocenters. The van der Waals surface area contributed by atoms with Crippen molar-refractivity contribution in [3.8, 4) is 0 Å². The summed E-state index contributed by atoms with van der Waals surface area (Å²) < 4.78 is 18.2. The van der Waals surface area contributed by atoms with Gasteiger partial charge in [-0.05, 0) is 17.7 Å². The first kappa shape index (κ1) is 12.2. The topological polar surface area (TPSA) is 41.3 Å². The Morgan fingerprint density at radius 1 is 1.21 bits per heavy atom. The summed E-state index contributed by atoms with van der Waals surface area (Å²) in [5, 5.41) is 7.22. The Balaban J connectivity index is 1.77. The molecule has 1 aliphatic heterocycles. The second-order valence-electron chi connectivity index (χ2n) is 4.67. The van der Waals surface area contributed by atoms with Gasteiger partial charge in [0, 0.05) is 32.6 Å². The van der Waals surface area contributed by atoms with Crippen LogP contribution in [-0.4, -0.2) is 31.3 Å². The van der Waals surface area contributed by atoms with E-state index in [-0.39, 0.29) is 5.82 Å². The van der Waals surface area contributed by atoms with Crippen LogP contribution >= 0.6 is 0 Å². The fraction of sp³-hybridized carbons (Fsp3) is 0.357. The van der Waals surface area contributed by atoms with Crippen molar-refractivity contribution in [1.29, 1.82) is 0 Å². The van der Waals surface area contributed by atoms with Crippen LogP contribution in [-0.2, 0) is 6.42 Å². The Bertz CT molecular complexity index is 532. The average Bonchev–Trinajstić information content (AvgIpc) is 2.90. The van der Waals surface area contributed by atoms with E-state index in [1.165, 1.54) is 12.1 Å². The van der Waals surface area contributed by atoms with E-state index in [1.807, 2.05) is 0 Å². The van der Waals surface area contributed by atoms with Crippen molar-refractivity contribution >= 4 is 5.69 Å². The van der Waals surface area contributed by atoms with Crippen LogP contribution in [0.3, 0.4) is 0 Å². The van der Waals surface area contributed by atoms with E-state index >= 15 is 0 Å². The van der Waals surface area contributed by atoms with Crippen molar-refractivity contribution in [2.24, 2.45) is 0 Å². The summed E-state index contributed by atoms with van der Waals surface area (Å²) >= 11 is 0. The van der Waals surface area contributed by atoms with Gasteiger partial charge >= 0.3 is 0 Å². The molecule has 0 unspecified atom stereocenters. The number of hydrogen-bond donors (Lipinski definition) is 1. The van der Waals surface area contributed by atoms with E-state index in [0.717, 1.165) is 43.2 Å². The zero-order chi connectivity index (χ0) is 13.1. The van der Waals surface area contributed by atoms with Crippen molar-refractivity contribution in [1.82, 2.24) is 10.5 Å². The second kappa shape index (κ2) is 5.40. The highest BCUT2D eigenvalue weighted by atomic mass is 19.1. The number of halogens is 1. The molecule has 5 heteroatoms. The predicted molar refractivity (Wildman–Crippen MR) is 70.8 cm³/mol. The molecule has 0 aliphatic carbocycles. The molecule has 0 spiro atoms. The van der Waals surface area contributed by atoms with E-state index < -0.39 is 0 Å². The lowest BCUT2D eigenvalue weighted by Gasteiger charge is -2.28. The van der Waals surface area contributed by atoms with Crippen LogP contribution in [0.25, 0.3) is 0 Å². The summed E-state index contributed by atoms with van der Waals surface area (Å²) in [6.45, 7) is 3.86. The molecule has 0 radical (unpaired) electrons. The minimum absolute atomic E-state index is 0.219. The largest absolute Gasteiger partial charge is 0.365 e. The third-order valence-corrected chi connectivity index (χ3v) is 3.36. The van der Waals surface area contributed by atoms with Crippen LogP contribution in [0.5, 0.6) is 0 Å². The SMILES string of the molecule is Fc1ccc(Cc2oncc2N2CCNCC2)cc1. The van der Waals surface area contributed by atoms with Gasteiger partial charge in [0.25, 0.3) is 0 Å². The van der Waals surface area contributed by atoms with E-state index in [0.29, 0.717) is 6.42 Å². The molecule has 3 rings (SSSR count). The zero-order valence-electron chi connectivity index (χ0n) is 10.6. The molecule has 100 valence electrons. The maximum absolute atomic E-state index is 12.9. The summed E-state index contributed by atoms with van der Waals surface area (Å²) in [4.78, 5) is 2.27. The Morgan fingerprint density at radius 3 is 2.68 bits per heavy atom. The van der Waals surface area contributed by atoms with Crippen LogP contribution in [0.15, 0.2) is 35.0 Å². The predicted octanol–water partition coefficient (Wildman–Crippen LogP) is 1.81. The van der Waals surface area contributed by atoms with Crippen LogP contribution in [0, 0.1) is 5.82 Å². The van der Waals surface area contributed by atoms with Crippen LogP contribution in [0.4, 0.5) is 10.1 Å². The molecular formula is C14H16FN3O. The molecule has 19 heavy (non-hydrogen) atoms. The summed E-state index contributed by atoms with van der Waals surface area (Å²) in [6, 6.07) is 6.49. The molecule has 0 amide bonds. The van der Waals surface area contributed by atoms with E-state index in [9.17, 15) is 4.39 Å². The molecule has 0 bridgehead atoms. The normalized spacial score (nSPS) is 15.7. The summed E-state index contributed by atoms with van der Waals surface area (Å²) in [6.07, 6.45) is 2.41. The average molecular weight is 261 g/mol. The number of nitrogens with one attached hydrogen (secondary N) is 1. The second-order valence-corrected chi connectivity index (χ2v) is 4.67. The van der Waals surface area contributed by atoms with Gasteiger partial charge in [-0.1, -0.05) is 17.3 Å². The minimum Gasteiger partial charge on any atom is -0.365 e. The van der Waals surface area contributed by atoms with Gasteiger partial charge in [0.1, 0.15) is 11.5 Å². The van der Waals surface area contributed by atoms with Crippen LogP contribution in [0.2, 0.25) is 0 Å². The van der Waals surface area contributed by atoms with Gasteiger partial charge < -0.3 is 14.7 Å². The Hall–Kier alpha value is -1.88. The molecular weight excluding hydrogens is 245 g/mol. The molecule has 1 N–H and O–H groups in total. The van der Waals surface area contributed by atoms with Crippen molar-refractivity contribution in [2.75, 3.05) is 31.1 Å². The number of hydrogen-bond acceptors (Lipinski definition) is 4. The lowest BCUT2D eigenvalue weighted by molar-refractivity contribution is 0.389. The molecule has 2 heterocycles. The monoisotopic (exact) mass is 261 g/mol. The lowest BCUT2D eigenvalue weighted by Crippen LogP contribution is -2.43. The fourth-order valence-corrected chi connectivity index (χ4v) is 2.33. The van der Waals surface area contributed by atoms with E-state index in [2.05, 4.69) is 15.4 Å². The molecule has 0 saturated carbocycles. The Kier molecular flexibility index (Phi) is 3.46. The highest BCUT2D eigenvalue weighted by Crippen LogP contribution is 2.23. The van der Waals surface area contributed by atoms with Gasteiger partial charge in [-0.25, -0.2) is 4.39 Å². The van der Waals surface area contributed by atoms with Gasteiger partial charge in [0.05, 0.1) is 6.20 Å². The minimum atomic E-state index is -0.219. The molecule has 1 aromatic carbocycles. The van der Waals surface area contributed by atoms with Crippen LogP contribution < -0.4 is 10.2 Å². The number of benzene rings is 1. The first-order valence-electron chi connectivity index (χ1n) is 6.46. The fourth-order valence-electron chi connectivity index (χ4n) is 2.33. The number of aromatic nitrogens is 1. The van der Waals surface area contributed by atoms with Gasteiger partial charge in [0.2, 0.25) is 0 Å². The molecule has 1 saturated heterocycles. The summed E-state index contributed by atoms with van der Waals surface area (Å²) in [7, 11) is 0. The highest BCUT2D eigenvalue weighted by Gasteiger charge is 2.17. The standard InChI is InChI=1S/C14H16FN3O/c15-12-3-1-11(2-4-12)9-14-13(10-17-19-14)18-7-5-16-6-8-18/h1-4,10,16H,5-9H2. The Labute approximate surface area is 111 Å². The summed E-state index contributed by atoms with van der Waals surface area (Å²) in [5.41, 5.74) is 2.07. The number of anilines is 1. The van der Waals surface area contributed by atoms with Gasteiger partial charge in [-0.2, -0.15) is 0 Å². The van der Waals surface area contributed by atoms with Gasteiger partial charge in [-0.3, -0.25) is 0 Å². The highest BCUT2D eigenvalue weighted by molar-refractivity contribution is 5.49. The third kappa shape index (κ3) is 2.76. The zero-order valence-corrected chi connectivity index (χ0v) is 10.6. The van der Waals surface area contributed by atoms with E-state index in [1.54, 1.807) is 18.3 Å². The first-order chi connectivity index (χ1) is 9.33. The molecule has 2 aromatic rings. The van der Waals surface area contributed by atoms with Crippen molar-refractivity contribution in [3.63, 3.8) is 0 Å². The van der Waals surface area contributed by atoms with Crippen molar-refractivity contribution < 1.29 is 8.91 Å². The lowest BCUT2D eigenvalue weighted by atomic mass is 10.1. The van der Waals surface area contributed by atoms with Crippen LogP contribution in [0.1, 0.15) is 11.3 Å². The van der Waals surface area contributed by atoms with Gasteiger partial charge in [-0.15, -0.1) is 0 Å². The van der Waals surface area contributed by atoms with Crippen molar-refractivity contribution in [2.45, 2.75) is 6.42 Å².